The van der Waals surface area contributed by atoms with Gasteiger partial charge in [0.2, 0.25) is 0 Å². The van der Waals surface area contributed by atoms with Gasteiger partial charge in [0.05, 0.1) is 6.61 Å². The summed E-state index contributed by atoms with van der Waals surface area (Å²) in [6.07, 6.45) is 0.0125. The van der Waals surface area contributed by atoms with Crippen LogP contribution in [0.25, 0.3) is 0 Å². The lowest BCUT2D eigenvalue weighted by Crippen LogP contribution is -2.00. The van der Waals surface area contributed by atoms with Crippen molar-refractivity contribution < 1.29 is 23.6 Å². The van der Waals surface area contributed by atoms with Crippen LogP contribution in [-0.2, 0) is 18.4 Å². The lowest BCUT2D eigenvalue weighted by atomic mass is 10.2. The quantitative estimate of drug-likeness (QED) is 0.503. The van der Waals surface area contributed by atoms with Gasteiger partial charge in [0.15, 0.2) is 0 Å². The van der Waals surface area contributed by atoms with E-state index < -0.39 is 13.9 Å². The Bertz CT molecular complexity index is 221. The van der Waals surface area contributed by atoms with Crippen molar-refractivity contribution in [2.75, 3.05) is 6.61 Å². The van der Waals surface area contributed by atoms with Gasteiger partial charge in [0.25, 0.3) is 0 Å². The van der Waals surface area contributed by atoms with E-state index in [-0.39, 0.29) is 18.6 Å². The second-order valence-corrected chi connectivity index (χ2v) is 2.42. The average molecular weight is 178 g/mol. The molecule has 0 atom stereocenters. The minimum absolute atomic E-state index is 0.0125. The molecule has 1 N–H and O–H groups in total. The van der Waals surface area contributed by atoms with Crippen LogP contribution < -0.4 is 0 Å². The molecular formula is C5H7O5P. The van der Waals surface area contributed by atoms with Crippen molar-refractivity contribution in [3.8, 4) is 0 Å². The van der Waals surface area contributed by atoms with Gasteiger partial charge in [0.1, 0.15) is 0 Å². The van der Waals surface area contributed by atoms with Crippen molar-refractivity contribution in [3.05, 3.63) is 12.2 Å². The molecule has 0 aliphatic carbocycles. The first-order valence-electron chi connectivity index (χ1n) is 2.72. The molecule has 0 rings (SSSR count). The zero-order valence-corrected chi connectivity index (χ0v) is 6.54. The number of carboxylic acid groups (broad SMARTS) is 1. The zero-order valence-electron chi connectivity index (χ0n) is 5.65. The van der Waals surface area contributed by atoms with Gasteiger partial charge in [-0.15, -0.1) is 0 Å². The Kier molecular flexibility index (Phi) is 4.41. The van der Waals surface area contributed by atoms with Crippen LogP contribution in [0.1, 0.15) is 6.42 Å². The molecular weight excluding hydrogens is 171 g/mol. The van der Waals surface area contributed by atoms with Crippen molar-refractivity contribution in [3.63, 3.8) is 0 Å². The molecule has 0 saturated heterocycles. The van der Waals surface area contributed by atoms with Crippen LogP contribution in [0.15, 0.2) is 12.2 Å². The molecule has 0 aromatic carbocycles. The first-order chi connectivity index (χ1) is 5.04. The lowest BCUT2D eigenvalue weighted by Gasteiger charge is -1.94. The first-order valence-corrected chi connectivity index (χ1v) is 3.82. The molecule has 0 saturated carbocycles. The summed E-state index contributed by atoms with van der Waals surface area (Å²) in [5.41, 5.74) is -0.0677. The molecule has 0 amide bonds. The number of carboxylic acids is 1. The third-order valence-corrected chi connectivity index (χ3v) is 1.30. The molecule has 0 aromatic heterocycles. The van der Waals surface area contributed by atoms with E-state index in [1.54, 1.807) is 0 Å². The second kappa shape index (κ2) is 4.82. The maximum absolute atomic E-state index is 10.1. The summed E-state index contributed by atoms with van der Waals surface area (Å²) in [5.74, 6) is -1.14. The van der Waals surface area contributed by atoms with Crippen molar-refractivity contribution in [1.82, 2.24) is 0 Å². The van der Waals surface area contributed by atoms with Gasteiger partial charge in [-0.25, -0.2) is 13.9 Å². The Morgan fingerprint density at radius 1 is 1.55 bits per heavy atom. The van der Waals surface area contributed by atoms with E-state index in [1.165, 1.54) is 0 Å². The topological polar surface area (TPSA) is 80.7 Å². The fraction of sp³-hybridized carbons (Fsp3) is 0.400. The van der Waals surface area contributed by atoms with E-state index in [2.05, 4.69) is 11.1 Å². The monoisotopic (exact) mass is 178 g/mol. The van der Waals surface area contributed by atoms with Crippen LogP contribution in [0.5, 0.6) is 0 Å². The number of hydrogen-bond acceptors (Lipinski definition) is 4. The maximum Gasteiger partial charge on any atom is 0.468 e. The minimum atomic E-state index is -2.88. The van der Waals surface area contributed by atoms with E-state index >= 15 is 0 Å². The van der Waals surface area contributed by atoms with Gasteiger partial charge in [-0.3, -0.25) is 4.52 Å². The van der Waals surface area contributed by atoms with Crippen molar-refractivity contribution in [2.45, 2.75) is 6.42 Å². The molecule has 0 spiro atoms. The van der Waals surface area contributed by atoms with Gasteiger partial charge in [-0.2, -0.15) is 0 Å². The van der Waals surface area contributed by atoms with E-state index in [0.29, 0.717) is 0 Å². The molecule has 0 bridgehead atoms. The van der Waals surface area contributed by atoms with Crippen LogP contribution in [0.3, 0.4) is 0 Å². The highest BCUT2D eigenvalue weighted by Crippen LogP contribution is 2.07. The van der Waals surface area contributed by atoms with Gasteiger partial charge in [0, 0.05) is 12.0 Å². The van der Waals surface area contributed by atoms with Crippen LogP contribution in [-0.4, -0.2) is 17.7 Å². The third kappa shape index (κ3) is 5.51. The van der Waals surface area contributed by atoms with Crippen molar-refractivity contribution >= 4 is 13.9 Å². The summed E-state index contributed by atoms with van der Waals surface area (Å²) in [4.78, 5) is 10.1. The Balaban J connectivity index is 3.55. The lowest BCUT2D eigenvalue weighted by molar-refractivity contribution is -0.132. The smallest absolute Gasteiger partial charge is 0.468 e. The van der Waals surface area contributed by atoms with Gasteiger partial charge in [-0.05, 0) is 0 Å². The Hall–Kier alpha value is -0.930. The van der Waals surface area contributed by atoms with Crippen molar-refractivity contribution in [2.24, 2.45) is 0 Å². The molecule has 0 fully saturated rings. The molecule has 5 nitrogen and oxygen atoms in total. The number of hydrogen-bond donors (Lipinski definition) is 1. The predicted octanol–water partition coefficient (Wildman–Crippen LogP) is 1.12. The van der Waals surface area contributed by atoms with E-state index in [1.807, 2.05) is 0 Å². The summed E-state index contributed by atoms with van der Waals surface area (Å²) in [6.45, 7) is 3.01. The maximum atomic E-state index is 10.1. The van der Waals surface area contributed by atoms with Gasteiger partial charge < -0.3 is 5.11 Å². The molecule has 0 aromatic rings. The van der Waals surface area contributed by atoms with Crippen molar-refractivity contribution in [1.29, 1.82) is 0 Å². The minimum Gasteiger partial charge on any atom is -0.478 e. The summed E-state index contributed by atoms with van der Waals surface area (Å²) < 4.78 is 23.7. The SMILES string of the molecule is C=C(CCOP(=O)=O)C(=O)O. The standard InChI is InChI=1S/C5H7O5P/c1-4(5(6)7)2-3-10-11(8)9/h1-3H2,(H,6,7). The van der Waals surface area contributed by atoms with Crippen LogP contribution in [0.4, 0.5) is 0 Å². The van der Waals surface area contributed by atoms with Crippen LogP contribution in [0, 0.1) is 0 Å². The molecule has 0 aliphatic heterocycles. The molecule has 0 radical (unpaired) electrons. The third-order valence-electron chi connectivity index (χ3n) is 0.903. The van der Waals surface area contributed by atoms with Crippen LogP contribution in [0.2, 0.25) is 0 Å². The van der Waals surface area contributed by atoms with E-state index in [9.17, 15) is 13.9 Å². The number of carbonyl (C=O) groups is 1. The first kappa shape index (κ1) is 10.1. The molecule has 11 heavy (non-hydrogen) atoms. The molecule has 62 valence electrons. The van der Waals surface area contributed by atoms with Crippen LogP contribution >= 0.6 is 7.91 Å². The highest BCUT2D eigenvalue weighted by atomic mass is 31.1. The molecule has 0 heterocycles. The Labute approximate surface area is 63.6 Å². The normalized spacial score (nSPS) is 9.09. The molecule has 0 unspecified atom stereocenters. The molecule has 6 heteroatoms. The van der Waals surface area contributed by atoms with Gasteiger partial charge >= 0.3 is 13.9 Å². The number of aliphatic carboxylic acids is 1. The summed E-state index contributed by atoms with van der Waals surface area (Å²) >= 11 is 0. The highest BCUT2D eigenvalue weighted by Gasteiger charge is 2.03. The highest BCUT2D eigenvalue weighted by molar-refractivity contribution is 7.24. The fourth-order valence-corrected chi connectivity index (χ4v) is 0.591. The second-order valence-electron chi connectivity index (χ2n) is 1.72. The Morgan fingerprint density at radius 3 is 2.45 bits per heavy atom. The zero-order chi connectivity index (χ0) is 8.85. The van der Waals surface area contributed by atoms with E-state index in [0.717, 1.165) is 0 Å². The molecule has 0 aliphatic rings. The number of rotatable bonds is 5. The average Bonchev–Trinajstić information content (AvgIpc) is 1.86. The van der Waals surface area contributed by atoms with E-state index in [4.69, 9.17) is 5.11 Å². The summed E-state index contributed by atoms with van der Waals surface area (Å²) in [7, 11) is -2.88. The Morgan fingerprint density at radius 2 is 2.09 bits per heavy atom. The summed E-state index contributed by atoms with van der Waals surface area (Å²) in [5, 5.41) is 8.24. The largest absolute Gasteiger partial charge is 0.478 e. The predicted molar refractivity (Wildman–Crippen MR) is 35.6 cm³/mol. The summed E-state index contributed by atoms with van der Waals surface area (Å²) in [6, 6.07) is 0. The fourth-order valence-electron chi connectivity index (χ4n) is 0.350. The van der Waals surface area contributed by atoms with Gasteiger partial charge in [-0.1, -0.05) is 6.58 Å².